The van der Waals surface area contributed by atoms with E-state index in [4.69, 9.17) is 4.52 Å². The SMILES string of the molecule is Cc1cc(CCC2(O)CC2)on1. The minimum Gasteiger partial charge on any atom is -0.390 e. The molecule has 0 amide bonds. The van der Waals surface area contributed by atoms with Crippen LogP contribution in [0.3, 0.4) is 0 Å². The van der Waals surface area contributed by atoms with E-state index in [1.807, 2.05) is 13.0 Å². The van der Waals surface area contributed by atoms with E-state index in [1.165, 1.54) is 0 Å². The van der Waals surface area contributed by atoms with Crippen LogP contribution in [-0.2, 0) is 6.42 Å². The van der Waals surface area contributed by atoms with Crippen LogP contribution in [-0.4, -0.2) is 15.9 Å². The van der Waals surface area contributed by atoms with Gasteiger partial charge in [-0.2, -0.15) is 0 Å². The summed E-state index contributed by atoms with van der Waals surface area (Å²) in [5.41, 5.74) is 0.536. The fourth-order valence-electron chi connectivity index (χ4n) is 1.28. The summed E-state index contributed by atoms with van der Waals surface area (Å²) in [7, 11) is 0. The molecule has 1 aliphatic rings. The Morgan fingerprint density at radius 3 is 2.92 bits per heavy atom. The molecule has 12 heavy (non-hydrogen) atoms. The number of hydrogen-bond acceptors (Lipinski definition) is 3. The Bertz CT molecular complexity index is 276. The van der Waals surface area contributed by atoms with Crippen molar-refractivity contribution >= 4 is 0 Å². The Morgan fingerprint density at radius 2 is 2.42 bits per heavy atom. The maximum absolute atomic E-state index is 9.53. The molecule has 1 aromatic rings. The quantitative estimate of drug-likeness (QED) is 0.741. The molecular formula is C9H13NO2. The van der Waals surface area contributed by atoms with Crippen molar-refractivity contribution in [3.63, 3.8) is 0 Å². The summed E-state index contributed by atoms with van der Waals surface area (Å²) < 4.78 is 5.03. The molecule has 1 heterocycles. The van der Waals surface area contributed by atoms with Crippen molar-refractivity contribution in [3.8, 4) is 0 Å². The largest absolute Gasteiger partial charge is 0.390 e. The Morgan fingerprint density at radius 1 is 1.67 bits per heavy atom. The molecule has 2 rings (SSSR count). The summed E-state index contributed by atoms with van der Waals surface area (Å²) in [6, 6.07) is 1.92. The molecule has 66 valence electrons. The third-order valence-corrected chi connectivity index (χ3v) is 2.34. The predicted octanol–water partition coefficient (Wildman–Crippen LogP) is 1.44. The van der Waals surface area contributed by atoms with E-state index in [0.29, 0.717) is 0 Å². The van der Waals surface area contributed by atoms with Crippen molar-refractivity contribution in [2.75, 3.05) is 0 Å². The monoisotopic (exact) mass is 167 g/mol. The van der Waals surface area contributed by atoms with E-state index in [1.54, 1.807) is 0 Å². The number of aliphatic hydroxyl groups is 1. The molecule has 0 unspecified atom stereocenters. The van der Waals surface area contributed by atoms with Crippen LogP contribution < -0.4 is 0 Å². The van der Waals surface area contributed by atoms with Gasteiger partial charge in [-0.25, -0.2) is 0 Å². The van der Waals surface area contributed by atoms with Crippen molar-refractivity contribution in [2.45, 2.75) is 38.2 Å². The molecule has 1 N–H and O–H groups in total. The van der Waals surface area contributed by atoms with E-state index < -0.39 is 0 Å². The third kappa shape index (κ3) is 1.67. The lowest BCUT2D eigenvalue weighted by Gasteiger charge is -2.03. The van der Waals surface area contributed by atoms with Gasteiger partial charge >= 0.3 is 0 Å². The van der Waals surface area contributed by atoms with Crippen molar-refractivity contribution in [1.82, 2.24) is 5.16 Å². The maximum Gasteiger partial charge on any atom is 0.137 e. The smallest absolute Gasteiger partial charge is 0.137 e. The summed E-state index contributed by atoms with van der Waals surface area (Å²) in [5.74, 6) is 0.882. The minimum absolute atomic E-state index is 0.374. The second-order valence-corrected chi connectivity index (χ2v) is 3.66. The minimum atomic E-state index is -0.374. The molecular weight excluding hydrogens is 154 g/mol. The van der Waals surface area contributed by atoms with Crippen molar-refractivity contribution in [3.05, 3.63) is 17.5 Å². The molecule has 0 atom stereocenters. The van der Waals surface area contributed by atoms with E-state index >= 15 is 0 Å². The second-order valence-electron chi connectivity index (χ2n) is 3.66. The summed E-state index contributed by atoms with van der Waals surface area (Å²) in [4.78, 5) is 0. The van der Waals surface area contributed by atoms with Crippen LogP contribution in [0.25, 0.3) is 0 Å². The highest BCUT2D eigenvalue weighted by molar-refractivity contribution is 5.05. The first-order valence-electron chi connectivity index (χ1n) is 4.33. The highest BCUT2D eigenvalue weighted by atomic mass is 16.5. The standard InChI is InChI=1S/C9H13NO2/c1-7-6-8(12-10-7)2-3-9(11)4-5-9/h6,11H,2-5H2,1H3. The molecule has 1 fully saturated rings. The molecule has 1 aromatic heterocycles. The Labute approximate surface area is 71.4 Å². The van der Waals surface area contributed by atoms with Gasteiger partial charge in [-0.05, 0) is 26.2 Å². The van der Waals surface area contributed by atoms with Crippen LogP contribution in [0.1, 0.15) is 30.7 Å². The zero-order valence-corrected chi connectivity index (χ0v) is 7.21. The van der Waals surface area contributed by atoms with E-state index in [2.05, 4.69) is 5.16 Å². The van der Waals surface area contributed by atoms with Gasteiger partial charge in [0.1, 0.15) is 5.76 Å². The molecule has 0 aliphatic heterocycles. The maximum atomic E-state index is 9.53. The van der Waals surface area contributed by atoms with Gasteiger partial charge in [0.05, 0.1) is 11.3 Å². The van der Waals surface area contributed by atoms with Gasteiger partial charge in [-0.15, -0.1) is 0 Å². The van der Waals surface area contributed by atoms with Gasteiger partial charge in [0.2, 0.25) is 0 Å². The highest BCUT2D eigenvalue weighted by Gasteiger charge is 2.39. The Kier molecular flexibility index (Phi) is 1.68. The number of nitrogens with zero attached hydrogens (tertiary/aromatic N) is 1. The average molecular weight is 167 g/mol. The first-order chi connectivity index (χ1) is 5.68. The summed E-state index contributed by atoms with van der Waals surface area (Å²) >= 11 is 0. The molecule has 3 heteroatoms. The molecule has 3 nitrogen and oxygen atoms in total. The lowest BCUT2D eigenvalue weighted by molar-refractivity contribution is 0.137. The molecule has 1 aliphatic carbocycles. The van der Waals surface area contributed by atoms with Crippen molar-refractivity contribution < 1.29 is 9.63 Å². The normalized spacial score (nSPS) is 19.5. The molecule has 0 saturated heterocycles. The summed E-state index contributed by atoms with van der Waals surface area (Å²) in [5, 5.41) is 13.3. The zero-order valence-electron chi connectivity index (χ0n) is 7.21. The predicted molar refractivity (Wildman–Crippen MR) is 43.7 cm³/mol. The molecule has 0 bridgehead atoms. The van der Waals surface area contributed by atoms with Gasteiger partial charge in [-0.3, -0.25) is 0 Å². The van der Waals surface area contributed by atoms with Gasteiger partial charge in [0, 0.05) is 12.5 Å². The molecule has 0 spiro atoms. The van der Waals surface area contributed by atoms with Crippen LogP contribution in [0.5, 0.6) is 0 Å². The number of aryl methyl sites for hydroxylation is 2. The van der Waals surface area contributed by atoms with Crippen LogP contribution >= 0.6 is 0 Å². The molecule has 1 saturated carbocycles. The average Bonchev–Trinajstić information content (AvgIpc) is 2.60. The first-order valence-corrected chi connectivity index (χ1v) is 4.33. The first kappa shape index (κ1) is 7.80. The Hall–Kier alpha value is -0.830. The van der Waals surface area contributed by atoms with Gasteiger partial charge in [-0.1, -0.05) is 5.16 Å². The highest BCUT2D eigenvalue weighted by Crippen LogP contribution is 2.39. The van der Waals surface area contributed by atoms with E-state index in [0.717, 1.165) is 37.1 Å². The molecule has 0 radical (unpaired) electrons. The lowest BCUT2D eigenvalue weighted by atomic mass is 10.1. The summed E-state index contributed by atoms with van der Waals surface area (Å²) in [6.45, 7) is 1.90. The third-order valence-electron chi connectivity index (χ3n) is 2.34. The number of rotatable bonds is 3. The molecule has 0 aromatic carbocycles. The number of aromatic nitrogens is 1. The fourth-order valence-corrected chi connectivity index (χ4v) is 1.28. The van der Waals surface area contributed by atoms with E-state index in [9.17, 15) is 5.11 Å². The zero-order chi connectivity index (χ0) is 8.60. The number of hydrogen-bond donors (Lipinski definition) is 1. The van der Waals surface area contributed by atoms with Crippen LogP contribution in [0, 0.1) is 6.92 Å². The van der Waals surface area contributed by atoms with Crippen molar-refractivity contribution in [1.29, 1.82) is 0 Å². The second kappa shape index (κ2) is 2.59. The van der Waals surface area contributed by atoms with Gasteiger partial charge < -0.3 is 9.63 Å². The van der Waals surface area contributed by atoms with Crippen LogP contribution in [0.4, 0.5) is 0 Å². The summed E-state index contributed by atoms with van der Waals surface area (Å²) in [6.07, 6.45) is 3.50. The van der Waals surface area contributed by atoms with Crippen LogP contribution in [0.15, 0.2) is 10.6 Å². The van der Waals surface area contributed by atoms with Crippen LogP contribution in [0.2, 0.25) is 0 Å². The van der Waals surface area contributed by atoms with Gasteiger partial charge in [0.25, 0.3) is 0 Å². The Balaban J connectivity index is 1.87. The van der Waals surface area contributed by atoms with E-state index in [-0.39, 0.29) is 5.60 Å². The fraction of sp³-hybridized carbons (Fsp3) is 0.667. The lowest BCUT2D eigenvalue weighted by Crippen LogP contribution is -2.07. The van der Waals surface area contributed by atoms with Crippen molar-refractivity contribution in [2.24, 2.45) is 0 Å². The van der Waals surface area contributed by atoms with Gasteiger partial charge in [0.15, 0.2) is 0 Å². The topological polar surface area (TPSA) is 46.3 Å².